The van der Waals surface area contributed by atoms with Crippen LogP contribution in [-0.2, 0) is 17.6 Å². The Kier molecular flexibility index (Phi) is 7.88. The third kappa shape index (κ3) is 5.35. The molecule has 0 fully saturated rings. The van der Waals surface area contributed by atoms with Crippen LogP contribution in [0.3, 0.4) is 0 Å². The van der Waals surface area contributed by atoms with Gasteiger partial charge in [0.05, 0.1) is 0 Å². The first-order chi connectivity index (χ1) is 15.1. The van der Waals surface area contributed by atoms with Crippen molar-refractivity contribution in [2.45, 2.75) is 58.5 Å². The molecule has 0 radical (unpaired) electrons. The van der Waals surface area contributed by atoms with Gasteiger partial charge >= 0.3 is 5.97 Å². The first-order valence-electron chi connectivity index (χ1n) is 10.9. The number of azide groups is 1. The molecule has 6 nitrogen and oxygen atoms in total. The molecule has 0 bridgehead atoms. The number of nitrogens with zero attached hydrogens (tertiary/aromatic N) is 4. The van der Waals surface area contributed by atoms with Crippen LogP contribution < -0.4 is 4.74 Å². The van der Waals surface area contributed by atoms with Gasteiger partial charge in [0.2, 0.25) is 0 Å². The molecule has 1 aliphatic rings. The van der Waals surface area contributed by atoms with Gasteiger partial charge < -0.3 is 4.74 Å². The Balaban J connectivity index is 1.85. The van der Waals surface area contributed by atoms with E-state index < -0.39 is 5.97 Å². The standard InChI is InChI=1S/C25H30N4O2/c1-4-16-29(18(3)19-10-7-6-8-11-19)21-15-14-20-12-9-13-24(22(20)17-21)31-25(30)23(5-2)27-28-26/h5-13,18,21H,4,14-17H2,1-3H3/b23-5-/t18-,21?/m0/s1. The highest BCUT2D eigenvalue weighted by molar-refractivity contribution is 5.89. The number of hydrogen-bond donors (Lipinski definition) is 0. The Morgan fingerprint density at radius 1 is 1.29 bits per heavy atom. The summed E-state index contributed by atoms with van der Waals surface area (Å²) >= 11 is 0. The maximum absolute atomic E-state index is 12.5. The molecule has 0 N–H and O–H groups in total. The predicted octanol–water partition coefficient (Wildman–Crippen LogP) is 6.14. The fraction of sp³-hybridized carbons (Fsp3) is 0.400. The number of carbonyl (C=O) groups excluding carboxylic acids is 1. The smallest absolute Gasteiger partial charge is 0.345 e. The van der Waals surface area contributed by atoms with E-state index >= 15 is 0 Å². The quantitative estimate of drug-likeness (QED) is 0.129. The van der Waals surface area contributed by atoms with Crippen LogP contribution >= 0.6 is 0 Å². The lowest BCUT2D eigenvalue weighted by Gasteiger charge is -2.39. The average molecular weight is 419 g/mol. The molecule has 3 rings (SSSR count). The van der Waals surface area contributed by atoms with Crippen molar-refractivity contribution in [3.8, 4) is 5.75 Å². The topological polar surface area (TPSA) is 78.3 Å². The Morgan fingerprint density at radius 2 is 2.06 bits per heavy atom. The van der Waals surface area contributed by atoms with Crippen LogP contribution in [0.1, 0.15) is 56.3 Å². The van der Waals surface area contributed by atoms with E-state index in [2.05, 4.69) is 59.1 Å². The number of benzene rings is 2. The van der Waals surface area contributed by atoms with E-state index in [9.17, 15) is 4.79 Å². The number of ether oxygens (including phenoxy) is 1. The number of hydrogen-bond acceptors (Lipinski definition) is 4. The molecule has 2 atom stereocenters. The highest BCUT2D eigenvalue weighted by Gasteiger charge is 2.29. The van der Waals surface area contributed by atoms with Crippen LogP contribution in [0.4, 0.5) is 0 Å². The van der Waals surface area contributed by atoms with Crippen molar-refractivity contribution in [2.24, 2.45) is 5.11 Å². The number of rotatable bonds is 8. The van der Waals surface area contributed by atoms with E-state index in [1.54, 1.807) is 6.92 Å². The van der Waals surface area contributed by atoms with Crippen LogP contribution in [0.15, 0.2) is 65.4 Å². The number of esters is 1. The summed E-state index contributed by atoms with van der Waals surface area (Å²) in [6.07, 6.45) is 5.38. The van der Waals surface area contributed by atoms with E-state index in [0.29, 0.717) is 17.8 Å². The first-order valence-corrected chi connectivity index (χ1v) is 10.9. The molecule has 162 valence electrons. The highest BCUT2D eigenvalue weighted by Crippen LogP contribution is 2.35. The van der Waals surface area contributed by atoms with E-state index in [1.165, 1.54) is 17.2 Å². The van der Waals surface area contributed by atoms with Gasteiger partial charge in [0.25, 0.3) is 0 Å². The van der Waals surface area contributed by atoms with Gasteiger partial charge in [0, 0.05) is 17.0 Å². The molecule has 1 unspecified atom stereocenters. The average Bonchev–Trinajstić information content (AvgIpc) is 2.81. The molecule has 6 heteroatoms. The fourth-order valence-electron chi connectivity index (χ4n) is 4.41. The molecule has 0 aromatic heterocycles. The molecule has 2 aromatic rings. The second-order valence-electron chi connectivity index (χ2n) is 7.87. The van der Waals surface area contributed by atoms with Crippen molar-refractivity contribution in [3.05, 3.63) is 87.4 Å². The van der Waals surface area contributed by atoms with Crippen molar-refractivity contribution in [1.82, 2.24) is 4.90 Å². The lowest BCUT2D eigenvalue weighted by atomic mass is 9.85. The van der Waals surface area contributed by atoms with Gasteiger partial charge in [0.1, 0.15) is 11.4 Å². The molecule has 0 saturated carbocycles. The van der Waals surface area contributed by atoms with Crippen LogP contribution in [0.25, 0.3) is 10.4 Å². The normalized spacial score (nSPS) is 16.9. The molecule has 0 aliphatic heterocycles. The zero-order valence-electron chi connectivity index (χ0n) is 18.5. The molecule has 0 saturated heterocycles. The van der Waals surface area contributed by atoms with Crippen LogP contribution in [0.5, 0.6) is 5.75 Å². The Bertz CT molecular complexity index is 980. The van der Waals surface area contributed by atoms with E-state index in [1.807, 2.05) is 18.2 Å². The molecule has 1 aliphatic carbocycles. The molecular weight excluding hydrogens is 388 g/mol. The van der Waals surface area contributed by atoms with Crippen LogP contribution in [-0.4, -0.2) is 23.5 Å². The number of fused-ring (bicyclic) bond motifs is 1. The van der Waals surface area contributed by atoms with Crippen molar-refractivity contribution in [1.29, 1.82) is 0 Å². The molecule has 0 amide bonds. The van der Waals surface area contributed by atoms with Gasteiger partial charge in [-0.05, 0) is 74.4 Å². The second-order valence-corrected chi connectivity index (χ2v) is 7.87. The van der Waals surface area contributed by atoms with E-state index in [4.69, 9.17) is 10.3 Å². The molecule has 0 spiro atoms. The summed E-state index contributed by atoms with van der Waals surface area (Å²) in [4.78, 5) is 17.8. The Hall–Kier alpha value is -3.08. The van der Waals surface area contributed by atoms with Gasteiger partial charge in [-0.2, -0.15) is 0 Å². The minimum Gasteiger partial charge on any atom is -0.423 e. The van der Waals surface area contributed by atoms with Crippen molar-refractivity contribution >= 4 is 5.97 Å². The maximum Gasteiger partial charge on any atom is 0.345 e. The Morgan fingerprint density at radius 3 is 2.74 bits per heavy atom. The third-order valence-corrected chi connectivity index (χ3v) is 5.98. The minimum atomic E-state index is -0.626. The Labute approximate surface area is 184 Å². The second kappa shape index (κ2) is 10.8. The molecule has 0 heterocycles. The van der Waals surface area contributed by atoms with Gasteiger partial charge in [-0.25, -0.2) is 4.79 Å². The monoisotopic (exact) mass is 418 g/mol. The zero-order valence-corrected chi connectivity index (χ0v) is 18.5. The van der Waals surface area contributed by atoms with Crippen molar-refractivity contribution < 1.29 is 9.53 Å². The third-order valence-electron chi connectivity index (χ3n) is 5.98. The summed E-state index contributed by atoms with van der Waals surface area (Å²) in [5.74, 6) is -0.0672. The fourth-order valence-corrected chi connectivity index (χ4v) is 4.41. The van der Waals surface area contributed by atoms with E-state index in [0.717, 1.165) is 37.8 Å². The molecular formula is C25H30N4O2. The predicted molar refractivity (Wildman–Crippen MR) is 123 cm³/mol. The summed E-state index contributed by atoms with van der Waals surface area (Å²) in [6.45, 7) is 7.14. The largest absolute Gasteiger partial charge is 0.423 e. The summed E-state index contributed by atoms with van der Waals surface area (Å²) in [6, 6.07) is 17.1. The zero-order chi connectivity index (χ0) is 22.2. The SMILES string of the molecule is C/C=C(\N=[N+]=[N-])C(=O)Oc1cccc2c1CC(N(CCC)[C@@H](C)c1ccccc1)CC2. The minimum absolute atomic E-state index is 0.0298. The molecule has 31 heavy (non-hydrogen) atoms. The molecule has 2 aromatic carbocycles. The summed E-state index contributed by atoms with van der Waals surface area (Å²) in [5, 5.41) is 3.43. The lowest BCUT2D eigenvalue weighted by molar-refractivity contribution is -0.130. The van der Waals surface area contributed by atoms with Gasteiger partial charge in [-0.15, -0.1) is 0 Å². The first kappa shape index (κ1) is 22.6. The summed E-state index contributed by atoms with van der Waals surface area (Å²) in [5.41, 5.74) is 12.2. The van der Waals surface area contributed by atoms with Gasteiger partial charge in [-0.3, -0.25) is 4.90 Å². The maximum atomic E-state index is 12.5. The lowest BCUT2D eigenvalue weighted by Crippen LogP contribution is -2.41. The van der Waals surface area contributed by atoms with Crippen molar-refractivity contribution in [3.63, 3.8) is 0 Å². The van der Waals surface area contributed by atoms with Crippen LogP contribution in [0.2, 0.25) is 0 Å². The van der Waals surface area contributed by atoms with Gasteiger partial charge in [-0.1, -0.05) is 60.6 Å². The van der Waals surface area contributed by atoms with Crippen LogP contribution in [0, 0.1) is 0 Å². The van der Waals surface area contributed by atoms with E-state index in [-0.39, 0.29) is 5.70 Å². The summed E-state index contributed by atoms with van der Waals surface area (Å²) < 4.78 is 5.66. The summed E-state index contributed by atoms with van der Waals surface area (Å²) in [7, 11) is 0. The number of aryl methyl sites for hydroxylation is 1. The highest BCUT2D eigenvalue weighted by atomic mass is 16.5. The van der Waals surface area contributed by atoms with Crippen molar-refractivity contribution in [2.75, 3.05) is 6.54 Å². The van der Waals surface area contributed by atoms with Gasteiger partial charge in [0.15, 0.2) is 0 Å². The number of allylic oxidation sites excluding steroid dienone is 1. The number of carbonyl (C=O) groups is 1.